The number of pyridine rings is 1. The molecule has 1 fully saturated rings. The number of anilines is 1. The van der Waals surface area contributed by atoms with E-state index in [2.05, 4.69) is 11.9 Å². The molecule has 0 saturated carbocycles. The van der Waals surface area contributed by atoms with Crippen LogP contribution in [0.15, 0.2) is 6.07 Å². The molecule has 3 heterocycles. The number of likely N-dealkylation sites (N-methyl/N-ethyl adjacent to an activating group) is 1. The van der Waals surface area contributed by atoms with E-state index >= 15 is 0 Å². The number of carbonyl (C=O) groups is 1. The highest BCUT2D eigenvalue weighted by molar-refractivity contribution is 7.21. The normalized spacial score (nSPS) is 16.4. The van der Waals surface area contributed by atoms with Crippen LogP contribution in [0.2, 0.25) is 0 Å². The molecule has 6 heteroatoms. The van der Waals surface area contributed by atoms with E-state index in [1.807, 2.05) is 24.8 Å². The van der Waals surface area contributed by atoms with Crippen molar-refractivity contribution in [2.75, 3.05) is 38.5 Å². The molecule has 2 aromatic rings. The molecule has 0 unspecified atom stereocenters. The average Bonchev–Trinajstić information content (AvgIpc) is 2.83. The van der Waals surface area contributed by atoms with Crippen LogP contribution in [-0.4, -0.2) is 48.5 Å². The van der Waals surface area contributed by atoms with Gasteiger partial charge in [-0.2, -0.15) is 0 Å². The fraction of sp³-hybridized carbons (Fsp3) is 0.500. The standard InChI is InChI=1S/C16H22N4OS/c1-4-19-5-7-20(8-6-19)16(21)14-13(17)12-10(2)9-11(3)18-15(12)22-14/h9H,4-8,17H2,1-3H3/p+1. The van der Waals surface area contributed by atoms with Gasteiger partial charge in [0.1, 0.15) is 9.71 Å². The number of aromatic nitrogens is 1. The van der Waals surface area contributed by atoms with Crippen LogP contribution in [0.4, 0.5) is 5.69 Å². The highest BCUT2D eigenvalue weighted by Gasteiger charge is 2.27. The summed E-state index contributed by atoms with van der Waals surface area (Å²) in [4.78, 5) is 22.3. The number of nitrogens with two attached hydrogens (primary N) is 1. The van der Waals surface area contributed by atoms with Crippen LogP contribution in [0, 0.1) is 13.8 Å². The maximum Gasteiger partial charge on any atom is 0.266 e. The maximum atomic E-state index is 12.8. The molecule has 0 aliphatic carbocycles. The summed E-state index contributed by atoms with van der Waals surface area (Å²) in [5.41, 5.74) is 8.92. The summed E-state index contributed by atoms with van der Waals surface area (Å²) in [5.74, 6) is 0.0627. The topological polar surface area (TPSA) is 63.7 Å². The Labute approximate surface area is 134 Å². The maximum absolute atomic E-state index is 12.8. The fourth-order valence-corrected chi connectivity index (χ4v) is 4.34. The molecule has 5 nitrogen and oxygen atoms in total. The smallest absolute Gasteiger partial charge is 0.266 e. The van der Waals surface area contributed by atoms with E-state index in [9.17, 15) is 4.79 Å². The SMILES string of the molecule is CC[NH+]1CCN(C(=O)c2sc3nc(C)cc(C)c3c2N)CC1. The summed E-state index contributed by atoms with van der Waals surface area (Å²) < 4.78 is 0. The minimum absolute atomic E-state index is 0.0627. The van der Waals surface area contributed by atoms with Crippen molar-refractivity contribution >= 4 is 33.1 Å². The third-order valence-corrected chi connectivity index (χ3v) is 5.56. The van der Waals surface area contributed by atoms with Gasteiger partial charge in [-0.15, -0.1) is 11.3 Å². The lowest BCUT2D eigenvalue weighted by Crippen LogP contribution is -3.14. The molecule has 1 amide bonds. The molecule has 118 valence electrons. The molecule has 3 rings (SSSR count). The van der Waals surface area contributed by atoms with Gasteiger partial charge in [-0.3, -0.25) is 4.79 Å². The highest BCUT2D eigenvalue weighted by atomic mass is 32.1. The molecular formula is C16H23N4OS+. The Balaban J connectivity index is 1.92. The van der Waals surface area contributed by atoms with Crippen LogP contribution >= 0.6 is 11.3 Å². The van der Waals surface area contributed by atoms with Crippen molar-refractivity contribution < 1.29 is 9.69 Å². The lowest BCUT2D eigenvalue weighted by molar-refractivity contribution is -0.902. The first kappa shape index (κ1) is 15.2. The Morgan fingerprint density at radius 3 is 2.73 bits per heavy atom. The fourth-order valence-electron chi connectivity index (χ4n) is 3.15. The second kappa shape index (κ2) is 5.85. The lowest BCUT2D eigenvalue weighted by atomic mass is 10.1. The minimum atomic E-state index is 0.0627. The van der Waals surface area contributed by atoms with Gasteiger partial charge in [-0.1, -0.05) is 0 Å². The van der Waals surface area contributed by atoms with Crippen LogP contribution in [0.3, 0.4) is 0 Å². The predicted octanol–water partition coefficient (Wildman–Crippen LogP) is 0.856. The van der Waals surface area contributed by atoms with E-state index in [1.165, 1.54) is 11.3 Å². The Morgan fingerprint density at radius 1 is 1.41 bits per heavy atom. The zero-order valence-corrected chi connectivity index (χ0v) is 14.2. The van der Waals surface area contributed by atoms with Gasteiger partial charge in [0.25, 0.3) is 5.91 Å². The molecule has 0 spiro atoms. The van der Waals surface area contributed by atoms with Crippen LogP contribution in [0.1, 0.15) is 27.9 Å². The molecule has 22 heavy (non-hydrogen) atoms. The van der Waals surface area contributed by atoms with E-state index in [0.717, 1.165) is 54.2 Å². The number of rotatable bonds is 2. The average molecular weight is 319 g/mol. The van der Waals surface area contributed by atoms with E-state index < -0.39 is 0 Å². The number of hydrogen-bond acceptors (Lipinski definition) is 4. The Bertz CT molecular complexity index is 716. The summed E-state index contributed by atoms with van der Waals surface area (Å²) >= 11 is 1.43. The molecule has 0 radical (unpaired) electrons. The molecule has 1 saturated heterocycles. The number of nitrogens with one attached hydrogen (secondary N) is 1. The van der Waals surface area contributed by atoms with Crippen LogP contribution in [0.5, 0.6) is 0 Å². The predicted molar refractivity (Wildman–Crippen MR) is 90.6 cm³/mol. The molecule has 0 atom stereocenters. The summed E-state index contributed by atoms with van der Waals surface area (Å²) in [6.45, 7) is 11.0. The highest BCUT2D eigenvalue weighted by Crippen LogP contribution is 2.35. The second-order valence-corrected chi connectivity index (χ2v) is 7.00. The monoisotopic (exact) mass is 319 g/mol. The quantitative estimate of drug-likeness (QED) is 0.863. The summed E-state index contributed by atoms with van der Waals surface area (Å²) in [6.07, 6.45) is 0. The zero-order valence-electron chi connectivity index (χ0n) is 13.4. The number of nitrogen functional groups attached to an aromatic ring is 1. The van der Waals surface area contributed by atoms with E-state index in [-0.39, 0.29) is 5.91 Å². The van der Waals surface area contributed by atoms with Crippen LogP contribution in [0.25, 0.3) is 10.2 Å². The van der Waals surface area contributed by atoms with Crippen molar-refractivity contribution in [3.63, 3.8) is 0 Å². The molecule has 0 bridgehead atoms. The molecule has 2 aromatic heterocycles. The number of thiophene rings is 1. The number of quaternary nitrogens is 1. The Morgan fingerprint density at radius 2 is 2.09 bits per heavy atom. The van der Waals surface area contributed by atoms with E-state index in [4.69, 9.17) is 5.73 Å². The number of nitrogens with zero attached hydrogens (tertiary/aromatic N) is 2. The zero-order chi connectivity index (χ0) is 15.9. The van der Waals surface area contributed by atoms with Crippen molar-refractivity contribution in [2.45, 2.75) is 20.8 Å². The van der Waals surface area contributed by atoms with Crippen LogP contribution < -0.4 is 10.6 Å². The number of fused-ring (bicyclic) bond motifs is 1. The molecule has 1 aliphatic heterocycles. The van der Waals surface area contributed by atoms with E-state index in [1.54, 1.807) is 4.90 Å². The first-order chi connectivity index (χ1) is 10.5. The first-order valence-electron chi connectivity index (χ1n) is 7.80. The second-order valence-electron chi connectivity index (χ2n) is 6.00. The van der Waals surface area contributed by atoms with Gasteiger partial charge in [-0.25, -0.2) is 4.98 Å². The van der Waals surface area contributed by atoms with Gasteiger partial charge >= 0.3 is 0 Å². The number of piperazine rings is 1. The van der Waals surface area contributed by atoms with Crippen LogP contribution in [-0.2, 0) is 0 Å². The lowest BCUT2D eigenvalue weighted by Gasteiger charge is -2.31. The Hall–Kier alpha value is -1.66. The number of aryl methyl sites for hydroxylation is 2. The van der Waals surface area contributed by atoms with E-state index in [0.29, 0.717) is 10.6 Å². The number of hydrogen-bond donors (Lipinski definition) is 2. The molecule has 0 aromatic carbocycles. The van der Waals surface area contributed by atoms with Gasteiger partial charge in [0, 0.05) is 11.1 Å². The molecular weight excluding hydrogens is 296 g/mol. The largest absolute Gasteiger partial charge is 0.397 e. The van der Waals surface area contributed by atoms with Gasteiger partial charge in [0.15, 0.2) is 0 Å². The first-order valence-corrected chi connectivity index (χ1v) is 8.62. The summed E-state index contributed by atoms with van der Waals surface area (Å²) in [7, 11) is 0. The third kappa shape index (κ3) is 2.57. The molecule has 1 aliphatic rings. The van der Waals surface area contributed by atoms with Gasteiger partial charge in [0.2, 0.25) is 0 Å². The van der Waals surface area contributed by atoms with Crippen molar-refractivity contribution in [1.29, 1.82) is 0 Å². The van der Waals surface area contributed by atoms with Crippen molar-refractivity contribution in [2.24, 2.45) is 0 Å². The van der Waals surface area contributed by atoms with Crippen molar-refractivity contribution in [3.05, 3.63) is 22.2 Å². The van der Waals surface area contributed by atoms with Gasteiger partial charge < -0.3 is 15.5 Å². The third-order valence-electron chi connectivity index (χ3n) is 4.48. The summed E-state index contributed by atoms with van der Waals surface area (Å²) in [5, 5.41) is 0.941. The number of amides is 1. The Kier molecular flexibility index (Phi) is 4.06. The van der Waals surface area contributed by atoms with Gasteiger partial charge in [-0.05, 0) is 32.4 Å². The minimum Gasteiger partial charge on any atom is -0.397 e. The van der Waals surface area contributed by atoms with Gasteiger partial charge in [0.05, 0.1) is 38.4 Å². The molecule has 3 N–H and O–H groups in total. The summed E-state index contributed by atoms with van der Waals surface area (Å²) in [6, 6.07) is 2.02. The number of carbonyl (C=O) groups excluding carboxylic acids is 1. The van der Waals surface area contributed by atoms with Crippen molar-refractivity contribution in [1.82, 2.24) is 9.88 Å². The van der Waals surface area contributed by atoms with Crippen molar-refractivity contribution in [3.8, 4) is 0 Å².